The lowest BCUT2D eigenvalue weighted by Gasteiger charge is -2.34. The molecule has 1 heterocycles. The fourth-order valence-electron chi connectivity index (χ4n) is 4.10. The molecule has 188 valence electrons. The van der Waals surface area contributed by atoms with E-state index in [1.165, 1.54) is 6.08 Å². The zero-order valence-corrected chi connectivity index (χ0v) is 21.3. The van der Waals surface area contributed by atoms with E-state index in [9.17, 15) is 14.4 Å². The molecule has 0 unspecified atom stereocenters. The van der Waals surface area contributed by atoms with Crippen LogP contribution >= 0.6 is 11.6 Å². The third-order valence-electron chi connectivity index (χ3n) is 6.06. The van der Waals surface area contributed by atoms with Gasteiger partial charge in [0.25, 0.3) is 11.8 Å². The van der Waals surface area contributed by atoms with Gasteiger partial charge in [-0.05, 0) is 61.0 Å². The zero-order chi connectivity index (χ0) is 26.6. The van der Waals surface area contributed by atoms with Gasteiger partial charge in [0.05, 0.1) is 11.4 Å². The number of nitrogens with zero attached hydrogens (tertiary/aromatic N) is 2. The molecule has 1 aliphatic heterocycles. The molecule has 6 nitrogen and oxygen atoms in total. The standard InChI is InChI=1S/C31H23ClN2O4/c1-21-12-14-22(15-13-21)20-38-28-17-16-24(32)18-23(28)19-27-29(35)33(25-8-4-2-5-9-25)31(37)34(30(27)36)26-10-6-3-7-11-26/h2-19H,20H2,1H3. The summed E-state index contributed by atoms with van der Waals surface area (Å²) in [5.41, 5.74) is 3.05. The predicted molar refractivity (Wildman–Crippen MR) is 148 cm³/mol. The maximum Gasteiger partial charge on any atom is 0.343 e. The van der Waals surface area contributed by atoms with Gasteiger partial charge >= 0.3 is 6.03 Å². The number of anilines is 2. The molecule has 4 aromatic rings. The number of ether oxygens (including phenoxy) is 1. The molecule has 0 radical (unpaired) electrons. The molecule has 0 N–H and O–H groups in total. The van der Waals surface area contributed by atoms with Crippen LogP contribution < -0.4 is 14.5 Å². The van der Waals surface area contributed by atoms with Gasteiger partial charge in [-0.3, -0.25) is 9.59 Å². The molecule has 4 aromatic carbocycles. The average Bonchev–Trinajstić information content (AvgIpc) is 2.93. The molecule has 0 spiro atoms. The number of carbonyl (C=O) groups excluding carboxylic acids is 3. The predicted octanol–water partition coefficient (Wildman–Crippen LogP) is 6.81. The summed E-state index contributed by atoms with van der Waals surface area (Å²) in [6, 6.07) is 29.2. The van der Waals surface area contributed by atoms with Crippen molar-refractivity contribution in [3.05, 3.63) is 130 Å². The number of urea groups is 1. The molecule has 0 saturated carbocycles. The monoisotopic (exact) mass is 522 g/mol. The smallest absolute Gasteiger partial charge is 0.343 e. The fourth-order valence-corrected chi connectivity index (χ4v) is 4.28. The maximum atomic E-state index is 13.7. The van der Waals surface area contributed by atoms with Gasteiger partial charge in [-0.25, -0.2) is 14.6 Å². The van der Waals surface area contributed by atoms with E-state index < -0.39 is 17.8 Å². The van der Waals surface area contributed by atoms with E-state index in [1.54, 1.807) is 78.9 Å². The molecule has 1 fully saturated rings. The molecule has 1 aliphatic rings. The van der Waals surface area contributed by atoms with Crippen LogP contribution in [0.15, 0.2) is 109 Å². The summed E-state index contributed by atoms with van der Waals surface area (Å²) in [4.78, 5) is 42.8. The molecule has 1 saturated heterocycles. The quantitative estimate of drug-likeness (QED) is 0.206. The minimum absolute atomic E-state index is 0.195. The molecule has 4 amide bonds. The first-order chi connectivity index (χ1) is 18.4. The lowest BCUT2D eigenvalue weighted by Crippen LogP contribution is -2.57. The molecule has 0 aromatic heterocycles. The first-order valence-corrected chi connectivity index (χ1v) is 12.3. The minimum Gasteiger partial charge on any atom is -0.488 e. The Kier molecular flexibility index (Phi) is 7.07. The number of hydrogen-bond acceptors (Lipinski definition) is 4. The Bertz CT molecular complexity index is 1470. The second kappa shape index (κ2) is 10.7. The number of hydrogen-bond donors (Lipinski definition) is 0. The van der Waals surface area contributed by atoms with Crippen molar-refractivity contribution in [2.45, 2.75) is 13.5 Å². The highest BCUT2D eigenvalue weighted by Gasteiger charge is 2.43. The van der Waals surface area contributed by atoms with Crippen LogP contribution in [0.3, 0.4) is 0 Å². The van der Waals surface area contributed by atoms with Crippen LogP contribution in [0.5, 0.6) is 5.75 Å². The van der Waals surface area contributed by atoms with Gasteiger partial charge in [-0.1, -0.05) is 77.8 Å². The van der Waals surface area contributed by atoms with Crippen LogP contribution in [0.4, 0.5) is 16.2 Å². The third-order valence-corrected chi connectivity index (χ3v) is 6.30. The SMILES string of the molecule is Cc1ccc(COc2ccc(Cl)cc2C=C2C(=O)N(c3ccccc3)C(=O)N(c3ccccc3)C2=O)cc1. The second-order valence-corrected chi connectivity index (χ2v) is 9.19. The molecule has 38 heavy (non-hydrogen) atoms. The topological polar surface area (TPSA) is 66.9 Å². The van der Waals surface area contributed by atoms with Gasteiger partial charge in [0.2, 0.25) is 0 Å². The van der Waals surface area contributed by atoms with E-state index in [1.807, 2.05) is 31.2 Å². The van der Waals surface area contributed by atoms with Crippen molar-refractivity contribution in [2.75, 3.05) is 9.80 Å². The fraction of sp³-hybridized carbons (Fsp3) is 0.0645. The van der Waals surface area contributed by atoms with Crippen LogP contribution in [-0.2, 0) is 16.2 Å². The van der Waals surface area contributed by atoms with Crippen molar-refractivity contribution in [1.29, 1.82) is 0 Å². The van der Waals surface area contributed by atoms with Crippen molar-refractivity contribution < 1.29 is 19.1 Å². The van der Waals surface area contributed by atoms with Crippen LogP contribution in [-0.4, -0.2) is 17.8 Å². The van der Waals surface area contributed by atoms with Crippen LogP contribution in [0, 0.1) is 6.92 Å². The van der Waals surface area contributed by atoms with Crippen molar-refractivity contribution in [3.63, 3.8) is 0 Å². The molecule has 0 bridgehead atoms. The van der Waals surface area contributed by atoms with Crippen molar-refractivity contribution in [1.82, 2.24) is 0 Å². The number of barbiturate groups is 1. The molecule has 5 rings (SSSR count). The van der Waals surface area contributed by atoms with Gasteiger partial charge in [-0.15, -0.1) is 0 Å². The van der Waals surface area contributed by atoms with Gasteiger partial charge in [0.1, 0.15) is 17.9 Å². The van der Waals surface area contributed by atoms with Crippen molar-refractivity contribution in [2.24, 2.45) is 0 Å². The van der Waals surface area contributed by atoms with Gasteiger partial charge in [0, 0.05) is 10.6 Å². The van der Waals surface area contributed by atoms with Crippen LogP contribution in [0.1, 0.15) is 16.7 Å². The lowest BCUT2D eigenvalue weighted by atomic mass is 10.0. The second-order valence-electron chi connectivity index (χ2n) is 8.75. The van der Waals surface area contributed by atoms with E-state index in [-0.39, 0.29) is 12.2 Å². The highest BCUT2D eigenvalue weighted by atomic mass is 35.5. The molecular formula is C31H23ClN2O4. The van der Waals surface area contributed by atoms with E-state index in [4.69, 9.17) is 16.3 Å². The molecular weight excluding hydrogens is 500 g/mol. The summed E-state index contributed by atoms with van der Waals surface area (Å²) in [5, 5.41) is 0.408. The Morgan fingerprint density at radius 2 is 1.29 bits per heavy atom. The third kappa shape index (κ3) is 5.08. The largest absolute Gasteiger partial charge is 0.488 e. The first kappa shape index (κ1) is 25.0. The van der Waals surface area contributed by atoms with Crippen LogP contribution in [0.25, 0.3) is 6.08 Å². The highest BCUT2D eigenvalue weighted by Crippen LogP contribution is 2.32. The number of aryl methyl sites for hydroxylation is 1. The Hall–Kier alpha value is -4.68. The lowest BCUT2D eigenvalue weighted by molar-refractivity contribution is -0.121. The Labute approximate surface area is 225 Å². The summed E-state index contributed by atoms with van der Waals surface area (Å²) in [5.74, 6) is -1.02. The van der Waals surface area contributed by atoms with Gasteiger partial charge < -0.3 is 4.74 Å². The van der Waals surface area contributed by atoms with Crippen LogP contribution in [0.2, 0.25) is 5.02 Å². The van der Waals surface area contributed by atoms with E-state index >= 15 is 0 Å². The normalized spacial score (nSPS) is 13.6. The summed E-state index contributed by atoms with van der Waals surface area (Å²) < 4.78 is 6.05. The number of amides is 4. The zero-order valence-electron chi connectivity index (χ0n) is 20.5. The van der Waals surface area contributed by atoms with Gasteiger partial charge in [0.15, 0.2) is 0 Å². The average molecular weight is 523 g/mol. The Morgan fingerprint density at radius 3 is 1.84 bits per heavy atom. The highest BCUT2D eigenvalue weighted by molar-refractivity contribution is 6.46. The van der Waals surface area contributed by atoms with Gasteiger partial charge in [-0.2, -0.15) is 0 Å². The first-order valence-electron chi connectivity index (χ1n) is 11.9. The van der Waals surface area contributed by atoms with E-state index in [0.717, 1.165) is 20.9 Å². The summed E-state index contributed by atoms with van der Waals surface area (Å²) in [6.45, 7) is 2.29. The molecule has 0 atom stereocenters. The van der Waals surface area contributed by atoms with E-state index in [0.29, 0.717) is 27.7 Å². The summed E-state index contributed by atoms with van der Waals surface area (Å²) in [7, 11) is 0. The van der Waals surface area contributed by atoms with E-state index in [2.05, 4.69) is 0 Å². The maximum absolute atomic E-state index is 13.7. The molecule has 0 aliphatic carbocycles. The Morgan fingerprint density at radius 1 is 0.737 bits per heavy atom. The number of imide groups is 2. The summed E-state index contributed by atoms with van der Waals surface area (Å²) in [6.07, 6.45) is 1.43. The summed E-state index contributed by atoms with van der Waals surface area (Å²) >= 11 is 6.28. The number of para-hydroxylation sites is 2. The number of carbonyl (C=O) groups is 3. The Balaban J connectivity index is 1.57. The molecule has 7 heteroatoms. The van der Waals surface area contributed by atoms with Crippen molar-refractivity contribution >= 4 is 46.9 Å². The van der Waals surface area contributed by atoms with Crippen molar-refractivity contribution in [3.8, 4) is 5.75 Å². The number of benzene rings is 4. The minimum atomic E-state index is -0.753. The number of halogens is 1. The number of rotatable bonds is 6.